The van der Waals surface area contributed by atoms with E-state index in [1.165, 1.54) is 16.7 Å². The Labute approximate surface area is 268 Å². The molecule has 0 aliphatic carbocycles. The van der Waals surface area contributed by atoms with Crippen molar-refractivity contribution in [2.45, 2.75) is 70.8 Å². The van der Waals surface area contributed by atoms with Crippen molar-refractivity contribution in [3.8, 4) is 0 Å². The number of aliphatic hydroxyl groups is 1. The Bertz CT molecular complexity index is 1560. The Morgan fingerprint density at radius 2 is 1.60 bits per heavy atom. The van der Waals surface area contributed by atoms with Crippen molar-refractivity contribution in [2.75, 3.05) is 5.88 Å². The van der Waals surface area contributed by atoms with E-state index in [1.807, 2.05) is 95.3 Å². The van der Waals surface area contributed by atoms with Crippen molar-refractivity contribution in [2.24, 2.45) is 5.92 Å². The molecule has 0 unspecified atom stereocenters. The van der Waals surface area contributed by atoms with Crippen LogP contribution in [0.25, 0.3) is 10.8 Å². The Hall–Kier alpha value is -4.15. The number of hydrogen-bond acceptors (Lipinski definition) is 6. The van der Waals surface area contributed by atoms with Crippen LogP contribution in [0.5, 0.6) is 0 Å². The normalized spacial score (nSPS) is 17.1. The van der Waals surface area contributed by atoms with Crippen LogP contribution in [-0.4, -0.2) is 69.3 Å². The minimum Gasteiger partial charge on any atom is -0.381 e. The number of aliphatic hydroxyl groups excluding tert-OH is 1. The van der Waals surface area contributed by atoms with Crippen molar-refractivity contribution in [1.82, 2.24) is 20.9 Å². The van der Waals surface area contributed by atoms with Crippen LogP contribution >= 0.6 is 11.8 Å². The first-order valence-electron chi connectivity index (χ1n) is 15.0. The second-order valence-corrected chi connectivity index (χ2v) is 13.7. The van der Waals surface area contributed by atoms with Gasteiger partial charge < -0.3 is 26.0 Å². The molecule has 1 heterocycles. The summed E-state index contributed by atoms with van der Waals surface area (Å²) >= 11 is 1.26. The van der Waals surface area contributed by atoms with Gasteiger partial charge in [-0.2, -0.15) is 0 Å². The zero-order chi connectivity index (χ0) is 32.9. The number of carbonyl (C=O) groups is 4. The first-order chi connectivity index (χ1) is 21.3. The highest BCUT2D eigenvalue weighted by Gasteiger charge is 2.43. The smallest absolute Gasteiger partial charge is 0.255 e. The van der Waals surface area contributed by atoms with Gasteiger partial charge in [0.25, 0.3) is 11.8 Å². The van der Waals surface area contributed by atoms with Gasteiger partial charge in [-0.25, -0.2) is 0 Å². The zero-order valence-corrected chi connectivity index (χ0v) is 27.2. The molecule has 1 saturated heterocycles. The molecule has 1 fully saturated rings. The van der Waals surface area contributed by atoms with E-state index in [1.54, 1.807) is 12.1 Å². The van der Waals surface area contributed by atoms with E-state index in [-0.39, 0.29) is 18.2 Å². The molecule has 0 spiro atoms. The second-order valence-electron chi connectivity index (χ2n) is 12.7. The van der Waals surface area contributed by atoms with E-state index in [9.17, 15) is 24.3 Å². The molecule has 1 aliphatic rings. The molecule has 3 aromatic carbocycles. The van der Waals surface area contributed by atoms with Gasteiger partial charge >= 0.3 is 0 Å². The van der Waals surface area contributed by atoms with Crippen LogP contribution in [0.2, 0.25) is 0 Å². The van der Waals surface area contributed by atoms with E-state index < -0.39 is 53.4 Å². The van der Waals surface area contributed by atoms with E-state index in [0.717, 1.165) is 16.3 Å². The fourth-order valence-corrected chi connectivity index (χ4v) is 6.27. The largest absolute Gasteiger partial charge is 0.381 e. The standard InChI is InChI=1S/C35H42N4O5S/c1-21(2)28(37-31(41)26-18-12-16-24-15-10-11-17-25(24)26)32(42)36-27(19-23-13-8-7-9-14-23)30(40)34(44)39-20-45-22(3)29(39)33(43)38-35(4,5)6/h7-18,21,27-30,40H,3,19-20H2,1-2,4-6H3,(H,36,42)(H,37,41)(H,38,43)/t27-,28-,29-,30-/m0/s1. The number of hydrogen-bond donors (Lipinski definition) is 4. The molecule has 0 aromatic heterocycles. The zero-order valence-electron chi connectivity index (χ0n) is 26.4. The number of fused-ring (bicyclic) bond motifs is 1. The van der Waals surface area contributed by atoms with E-state index in [4.69, 9.17) is 0 Å². The average Bonchev–Trinajstić information content (AvgIpc) is 3.39. The van der Waals surface area contributed by atoms with Crippen LogP contribution in [0.3, 0.4) is 0 Å². The first-order valence-corrected chi connectivity index (χ1v) is 16.0. The quantitative estimate of drug-likeness (QED) is 0.268. The van der Waals surface area contributed by atoms with Gasteiger partial charge in [0.1, 0.15) is 12.1 Å². The minimum atomic E-state index is -1.67. The number of thioether (sulfide) groups is 1. The summed E-state index contributed by atoms with van der Waals surface area (Å²) in [6.45, 7) is 13.1. The van der Waals surface area contributed by atoms with E-state index in [2.05, 4.69) is 22.5 Å². The van der Waals surface area contributed by atoms with Gasteiger partial charge in [0, 0.05) is 16.0 Å². The summed E-state index contributed by atoms with van der Waals surface area (Å²) in [4.78, 5) is 56.0. The molecule has 3 aromatic rings. The highest BCUT2D eigenvalue weighted by Crippen LogP contribution is 2.33. The van der Waals surface area contributed by atoms with E-state index >= 15 is 0 Å². The number of benzene rings is 3. The summed E-state index contributed by atoms with van der Waals surface area (Å²) < 4.78 is 0. The maximum absolute atomic E-state index is 13.8. The second kappa shape index (κ2) is 14.3. The molecular weight excluding hydrogens is 588 g/mol. The first kappa shape index (κ1) is 33.7. The summed E-state index contributed by atoms with van der Waals surface area (Å²) in [5.41, 5.74) is 0.691. The molecule has 4 rings (SSSR count). The molecule has 4 N–H and O–H groups in total. The molecule has 1 aliphatic heterocycles. The van der Waals surface area contributed by atoms with Crippen LogP contribution < -0.4 is 16.0 Å². The Morgan fingerprint density at radius 1 is 0.956 bits per heavy atom. The van der Waals surface area contributed by atoms with Crippen LogP contribution in [0.4, 0.5) is 0 Å². The summed E-state index contributed by atoms with van der Waals surface area (Å²) in [6, 6.07) is 19.1. The summed E-state index contributed by atoms with van der Waals surface area (Å²) in [7, 11) is 0. The summed E-state index contributed by atoms with van der Waals surface area (Å²) in [6.07, 6.45) is -1.53. The SMILES string of the molecule is C=C1SCN(C(=O)[C@@H](O)[C@H](Cc2ccccc2)NC(=O)[C@@H](NC(=O)c2cccc3ccccc23)C(C)C)[C@@H]1C(=O)NC(C)(C)C. The van der Waals surface area contributed by atoms with Crippen molar-refractivity contribution >= 4 is 46.2 Å². The fraction of sp³-hybridized carbons (Fsp3) is 0.371. The van der Waals surface area contributed by atoms with Crippen LogP contribution in [0.1, 0.15) is 50.5 Å². The molecule has 9 nitrogen and oxygen atoms in total. The van der Waals surface area contributed by atoms with Gasteiger partial charge in [-0.15, -0.1) is 11.8 Å². The van der Waals surface area contributed by atoms with Crippen molar-refractivity contribution < 1.29 is 24.3 Å². The van der Waals surface area contributed by atoms with Crippen LogP contribution in [0, 0.1) is 5.92 Å². The third kappa shape index (κ3) is 8.32. The fourth-order valence-electron chi connectivity index (χ4n) is 5.30. The molecule has 45 heavy (non-hydrogen) atoms. The Morgan fingerprint density at radius 3 is 2.27 bits per heavy atom. The van der Waals surface area contributed by atoms with Gasteiger partial charge in [0.05, 0.1) is 11.9 Å². The van der Waals surface area contributed by atoms with Gasteiger partial charge in [-0.3, -0.25) is 19.2 Å². The Balaban J connectivity index is 1.57. The molecule has 238 valence electrons. The van der Waals surface area contributed by atoms with Crippen LogP contribution in [0.15, 0.2) is 84.3 Å². The monoisotopic (exact) mass is 630 g/mol. The third-order valence-corrected chi connectivity index (χ3v) is 8.57. The van der Waals surface area contributed by atoms with Gasteiger partial charge in [0.15, 0.2) is 6.10 Å². The number of amides is 4. The summed E-state index contributed by atoms with van der Waals surface area (Å²) in [5.74, 6) is -2.20. The number of nitrogens with one attached hydrogen (secondary N) is 3. The molecule has 0 bridgehead atoms. The lowest BCUT2D eigenvalue weighted by atomic mass is 9.97. The molecular formula is C35H42N4O5S. The van der Waals surface area contributed by atoms with Gasteiger partial charge in [-0.05, 0) is 55.5 Å². The Kier molecular flexibility index (Phi) is 10.7. The predicted octanol–water partition coefficient (Wildman–Crippen LogP) is 4.01. The van der Waals surface area contributed by atoms with Crippen molar-refractivity contribution in [3.05, 3.63) is 95.4 Å². The number of nitrogens with zero attached hydrogens (tertiary/aromatic N) is 1. The third-order valence-electron chi connectivity index (χ3n) is 7.57. The van der Waals surface area contributed by atoms with Crippen LogP contribution in [-0.2, 0) is 20.8 Å². The highest BCUT2D eigenvalue weighted by atomic mass is 32.2. The van der Waals surface area contributed by atoms with Gasteiger partial charge in [-0.1, -0.05) is 87.2 Å². The molecule has 10 heteroatoms. The maximum atomic E-state index is 13.8. The lowest BCUT2D eigenvalue weighted by molar-refractivity contribution is -0.146. The number of rotatable bonds is 10. The lowest BCUT2D eigenvalue weighted by Crippen LogP contribution is -2.59. The van der Waals surface area contributed by atoms with E-state index in [0.29, 0.717) is 10.5 Å². The average molecular weight is 631 g/mol. The minimum absolute atomic E-state index is 0.138. The highest BCUT2D eigenvalue weighted by molar-refractivity contribution is 8.03. The lowest BCUT2D eigenvalue weighted by Gasteiger charge is -2.32. The van der Waals surface area contributed by atoms with Gasteiger partial charge in [0.2, 0.25) is 11.8 Å². The molecule has 0 saturated carbocycles. The van der Waals surface area contributed by atoms with Crippen molar-refractivity contribution in [3.63, 3.8) is 0 Å². The topological polar surface area (TPSA) is 128 Å². The predicted molar refractivity (Wildman–Crippen MR) is 178 cm³/mol. The molecule has 4 amide bonds. The maximum Gasteiger partial charge on any atom is 0.255 e. The molecule has 4 atom stereocenters. The van der Waals surface area contributed by atoms with Crippen molar-refractivity contribution in [1.29, 1.82) is 0 Å². The molecule has 0 radical (unpaired) electrons. The summed E-state index contributed by atoms with van der Waals surface area (Å²) in [5, 5.41) is 21.8. The number of carbonyl (C=O) groups excluding carboxylic acids is 4.